The predicted molar refractivity (Wildman–Crippen MR) is 89.2 cm³/mol. The van der Waals surface area contributed by atoms with E-state index in [0.717, 1.165) is 0 Å². The highest BCUT2D eigenvalue weighted by atomic mass is 16.5. The maximum atomic E-state index is 11.1. The van der Waals surface area contributed by atoms with Gasteiger partial charge >= 0.3 is 5.97 Å². The number of nitriles is 1. The Hall–Kier alpha value is -3.79. The van der Waals surface area contributed by atoms with Crippen molar-refractivity contribution in [2.75, 3.05) is 5.32 Å². The first-order chi connectivity index (χ1) is 12.1. The molecular formula is C18H13N3O4. The first-order valence-electron chi connectivity index (χ1n) is 7.31. The number of hydrogen-bond donors (Lipinski definition) is 2. The van der Waals surface area contributed by atoms with Crippen LogP contribution in [0.15, 0.2) is 53.1 Å². The topological polar surface area (TPSA) is 108 Å². The molecule has 1 heterocycles. The number of carbonyl (C=O) groups is 1. The van der Waals surface area contributed by atoms with E-state index in [1.54, 1.807) is 55.5 Å². The molecule has 0 fully saturated rings. The Bertz CT molecular complexity index is 938. The van der Waals surface area contributed by atoms with Crippen LogP contribution >= 0.6 is 0 Å². The van der Waals surface area contributed by atoms with Crippen LogP contribution in [-0.4, -0.2) is 16.2 Å². The second-order valence-electron chi connectivity index (χ2n) is 5.16. The second kappa shape index (κ2) is 6.76. The zero-order valence-corrected chi connectivity index (χ0v) is 13.2. The molecule has 1 aromatic heterocycles. The summed E-state index contributed by atoms with van der Waals surface area (Å²) in [5, 5.41) is 24.4. The van der Waals surface area contributed by atoms with E-state index in [2.05, 4.69) is 10.5 Å². The largest absolute Gasteiger partial charge is 0.476 e. The van der Waals surface area contributed by atoms with E-state index < -0.39 is 5.97 Å². The fourth-order valence-corrected chi connectivity index (χ4v) is 2.15. The molecule has 0 aliphatic carbocycles. The van der Waals surface area contributed by atoms with Crippen molar-refractivity contribution in [3.05, 3.63) is 65.5 Å². The zero-order valence-electron chi connectivity index (χ0n) is 13.2. The van der Waals surface area contributed by atoms with Crippen LogP contribution in [0.5, 0.6) is 11.5 Å². The van der Waals surface area contributed by atoms with E-state index in [1.165, 1.54) is 0 Å². The van der Waals surface area contributed by atoms with Crippen molar-refractivity contribution >= 4 is 17.3 Å². The summed E-state index contributed by atoms with van der Waals surface area (Å²) in [7, 11) is 0. The number of benzene rings is 2. The van der Waals surface area contributed by atoms with E-state index in [0.29, 0.717) is 34.2 Å². The summed E-state index contributed by atoms with van der Waals surface area (Å²) in [6.45, 7) is 1.63. The first-order valence-corrected chi connectivity index (χ1v) is 7.31. The van der Waals surface area contributed by atoms with Crippen LogP contribution in [0.4, 0.5) is 11.4 Å². The van der Waals surface area contributed by atoms with Crippen molar-refractivity contribution in [3.63, 3.8) is 0 Å². The molecule has 2 N–H and O–H groups in total. The van der Waals surface area contributed by atoms with Crippen LogP contribution in [-0.2, 0) is 0 Å². The van der Waals surface area contributed by atoms with Gasteiger partial charge in [0, 0.05) is 5.69 Å². The average Bonchev–Trinajstić information content (AvgIpc) is 2.98. The molecule has 0 aliphatic heterocycles. The third kappa shape index (κ3) is 3.59. The Morgan fingerprint density at radius 2 is 1.76 bits per heavy atom. The second-order valence-corrected chi connectivity index (χ2v) is 5.16. The lowest BCUT2D eigenvalue weighted by molar-refractivity contribution is 0.0686. The van der Waals surface area contributed by atoms with Crippen molar-refractivity contribution in [2.24, 2.45) is 0 Å². The van der Waals surface area contributed by atoms with E-state index in [4.69, 9.17) is 19.6 Å². The number of aromatic carboxylic acids is 1. The summed E-state index contributed by atoms with van der Waals surface area (Å²) in [6.07, 6.45) is 0. The van der Waals surface area contributed by atoms with Gasteiger partial charge < -0.3 is 19.7 Å². The van der Waals surface area contributed by atoms with Gasteiger partial charge in [0.1, 0.15) is 17.2 Å². The molecule has 0 bridgehead atoms. The maximum absolute atomic E-state index is 11.1. The van der Waals surface area contributed by atoms with Gasteiger partial charge in [-0.3, -0.25) is 0 Å². The monoisotopic (exact) mass is 335 g/mol. The van der Waals surface area contributed by atoms with E-state index in [-0.39, 0.29) is 5.69 Å². The van der Waals surface area contributed by atoms with Crippen molar-refractivity contribution in [2.45, 2.75) is 6.92 Å². The molecule has 7 heteroatoms. The van der Waals surface area contributed by atoms with Crippen molar-refractivity contribution in [1.82, 2.24) is 5.16 Å². The fraction of sp³-hybridized carbons (Fsp3) is 0.0556. The van der Waals surface area contributed by atoms with Gasteiger partial charge in [-0.1, -0.05) is 5.16 Å². The molecule has 0 spiro atoms. The van der Waals surface area contributed by atoms with Crippen molar-refractivity contribution in [3.8, 4) is 17.6 Å². The third-order valence-corrected chi connectivity index (χ3v) is 3.41. The molecule has 0 atom stereocenters. The summed E-state index contributed by atoms with van der Waals surface area (Å²) >= 11 is 0. The maximum Gasteiger partial charge on any atom is 0.360 e. The van der Waals surface area contributed by atoms with Crippen LogP contribution in [0.2, 0.25) is 0 Å². The predicted octanol–water partition coefficient (Wildman–Crippen LogP) is 4.09. The molecule has 0 saturated heterocycles. The molecular weight excluding hydrogens is 322 g/mol. The number of carboxylic acid groups (broad SMARTS) is 1. The van der Waals surface area contributed by atoms with Gasteiger partial charge in [-0.05, 0) is 55.5 Å². The minimum absolute atomic E-state index is 0.171. The van der Waals surface area contributed by atoms with Crippen molar-refractivity contribution < 1.29 is 19.2 Å². The Balaban J connectivity index is 1.73. The van der Waals surface area contributed by atoms with E-state index in [9.17, 15) is 4.79 Å². The average molecular weight is 335 g/mol. The van der Waals surface area contributed by atoms with Crippen LogP contribution in [0.3, 0.4) is 0 Å². The normalized spacial score (nSPS) is 10.1. The molecule has 0 amide bonds. The summed E-state index contributed by atoms with van der Waals surface area (Å²) in [5.74, 6) is 0.439. The highest BCUT2D eigenvalue weighted by Crippen LogP contribution is 2.27. The number of nitrogens with zero attached hydrogens (tertiary/aromatic N) is 2. The van der Waals surface area contributed by atoms with Crippen LogP contribution in [0.25, 0.3) is 0 Å². The Labute approximate surface area is 143 Å². The Kier molecular flexibility index (Phi) is 4.35. The minimum Gasteiger partial charge on any atom is -0.476 e. The molecule has 3 rings (SSSR count). The van der Waals surface area contributed by atoms with Crippen LogP contribution in [0.1, 0.15) is 21.8 Å². The SMILES string of the molecule is Cc1onc(C(=O)O)c1Nc1ccc(Oc2ccc(C#N)cc2)cc1. The zero-order chi connectivity index (χ0) is 17.8. The highest BCUT2D eigenvalue weighted by molar-refractivity contribution is 5.93. The fourth-order valence-electron chi connectivity index (χ4n) is 2.15. The summed E-state index contributed by atoms with van der Waals surface area (Å²) < 4.78 is 10.6. The lowest BCUT2D eigenvalue weighted by Gasteiger charge is -2.08. The molecule has 0 saturated carbocycles. The third-order valence-electron chi connectivity index (χ3n) is 3.41. The molecule has 25 heavy (non-hydrogen) atoms. The van der Waals surface area contributed by atoms with Gasteiger partial charge in [0.25, 0.3) is 0 Å². The van der Waals surface area contributed by atoms with E-state index >= 15 is 0 Å². The van der Waals surface area contributed by atoms with E-state index in [1.807, 2.05) is 6.07 Å². The molecule has 7 nitrogen and oxygen atoms in total. The molecule has 0 aliphatic rings. The summed E-state index contributed by atoms with van der Waals surface area (Å²) in [5.41, 5.74) is 1.37. The first kappa shape index (κ1) is 16.1. The van der Waals surface area contributed by atoms with Gasteiger partial charge in [-0.2, -0.15) is 5.26 Å². The quantitative estimate of drug-likeness (QED) is 0.723. The van der Waals surface area contributed by atoms with Gasteiger partial charge in [-0.25, -0.2) is 4.79 Å². The smallest absolute Gasteiger partial charge is 0.360 e. The number of ether oxygens (including phenoxy) is 1. The number of anilines is 2. The molecule has 124 valence electrons. The van der Waals surface area contributed by atoms with Crippen LogP contribution < -0.4 is 10.1 Å². The number of carboxylic acids is 1. The molecule has 2 aromatic carbocycles. The van der Waals surface area contributed by atoms with Gasteiger partial charge in [0.2, 0.25) is 5.69 Å². The highest BCUT2D eigenvalue weighted by Gasteiger charge is 2.19. The summed E-state index contributed by atoms with van der Waals surface area (Å²) in [4.78, 5) is 11.1. The Morgan fingerprint density at radius 1 is 1.16 bits per heavy atom. The number of rotatable bonds is 5. The van der Waals surface area contributed by atoms with Gasteiger partial charge in [0.05, 0.1) is 11.6 Å². The Morgan fingerprint density at radius 3 is 2.32 bits per heavy atom. The number of aryl methyl sites for hydroxylation is 1. The number of aromatic nitrogens is 1. The number of hydrogen-bond acceptors (Lipinski definition) is 6. The minimum atomic E-state index is -1.17. The van der Waals surface area contributed by atoms with Crippen molar-refractivity contribution in [1.29, 1.82) is 5.26 Å². The van der Waals surface area contributed by atoms with Gasteiger partial charge in [0.15, 0.2) is 5.76 Å². The van der Waals surface area contributed by atoms with Crippen LogP contribution in [0, 0.1) is 18.3 Å². The lowest BCUT2D eigenvalue weighted by atomic mass is 10.2. The number of nitrogens with one attached hydrogen (secondary N) is 1. The molecule has 0 unspecified atom stereocenters. The molecule has 0 radical (unpaired) electrons. The standard InChI is InChI=1S/C18H13N3O4/c1-11-16(17(18(22)23)21-25-11)20-13-4-8-15(9-5-13)24-14-6-2-12(10-19)3-7-14/h2-9,20H,1H3,(H,22,23). The van der Waals surface area contributed by atoms with Gasteiger partial charge in [-0.15, -0.1) is 0 Å². The summed E-state index contributed by atoms with van der Waals surface area (Å²) in [6, 6.07) is 15.8. The molecule has 3 aromatic rings. The lowest BCUT2D eigenvalue weighted by Crippen LogP contribution is -2.02.